The van der Waals surface area contributed by atoms with Crippen molar-refractivity contribution >= 4 is 17.5 Å². The van der Waals surface area contributed by atoms with Gasteiger partial charge in [0.05, 0.1) is 0 Å². The summed E-state index contributed by atoms with van der Waals surface area (Å²) in [5, 5.41) is 6.73. The summed E-state index contributed by atoms with van der Waals surface area (Å²) in [5.74, 6) is 0.00736. The van der Waals surface area contributed by atoms with Gasteiger partial charge in [-0.05, 0) is 35.9 Å². The lowest BCUT2D eigenvalue weighted by molar-refractivity contribution is -0.124. The van der Waals surface area contributed by atoms with E-state index in [2.05, 4.69) is 16.7 Å². The van der Waals surface area contributed by atoms with Crippen molar-refractivity contribution in [3.05, 3.63) is 59.1 Å². The molecular weight excluding hydrogens is 296 g/mol. The summed E-state index contributed by atoms with van der Waals surface area (Å²) >= 11 is 5.94. The van der Waals surface area contributed by atoms with E-state index in [1.54, 1.807) is 0 Å². The van der Waals surface area contributed by atoms with E-state index in [9.17, 15) is 4.79 Å². The number of amides is 1. The maximum atomic E-state index is 12.0. The van der Waals surface area contributed by atoms with Gasteiger partial charge in [0.25, 0.3) is 0 Å². The molecular formula is C18H21ClN2O. The Morgan fingerprint density at radius 2 is 1.82 bits per heavy atom. The maximum absolute atomic E-state index is 12.0. The summed E-state index contributed by atoms with van der Waals surface area (Å²) in [5.41, 5.74) is 3.30. The van der Waals surface area contributed by atoms with Gasteiger partial charge >= 0.3 is 0 Å². The van der Waals surface area contributed by atoms with Gasteiger partial charge < -0.3 is 10.6 Å². The van der Waals surface area contributed by atoms with Crippen LogP contribution in [0.4, 0.5) is 0 Å². The average Bonchev–Trinajstić information content (AvgIpc) is 2.54. The van der Waals surface area contributed by atoms with E-state index in [4.69, 9.17) is 11.6 Å². The first-order valence-corrected chi connectivity index (χ1v) is 7.75. The number of benzene rings is 2. The second-order valence-corrected chi connectivity index (χ2v) is 5.78. The van der Waals surface area contributed by atoms with Crippen molar-refractivity contribution in [1.82, 2.24) is 10.6 Å². The van der Waals surface area contributed by atoms with Crippen LogP contribution in [0.2, 0.25) is 5.02 Å². The number of rotatable bonds is 6. The van der Waals surface area contributed by atoms with Gasteiger partial charge in [-0.25, -0.2) is 0 Å². The van der Waals surface area contributed by atoms with Gasteiger partial charge in [-0.15, -0.1) is 0 Å². The molecule has 0 heterocycles. The van der Waals surface area contributed by atoms with E-state index in [1.807, 2.05) is 56.4 Å². The van der Waals surface area contributed by atoms with Crippen molar-refractivity contribution in [2.24, 2.45) is 5.92 Å². The van der Waals surface area contributed by atoms with Crippen LogP contribution < -0.4 is 10.6 Å². The molecule has 0 aliphatic rings. The molecule has 1 unspecified atom stereocenters. The van der Waals surface area contributed by atoms with Gasteiger partial charge in [-0.3, -0.25) is 4.79 Å². The van der Waals surface area contributed by atoms with Crippen LogP contribution in [0, 0.1) is 5.92 Å². The van der Waals surface area contributed by atoms with Crippen LogP contribution >= 0.6 is 11.6 Å². The lowest BCUT2D eigenvalue weighted by atomic mass is 9.99. The Morgan fingerprint density at radius 3 is 2.50 bits per heavy atom. The summed E-state index contributed by atoms with van der Waals surface area (Å²) in [7, 11) is 1.85. The molecule has 4 heteroatoms. The molecule has 0 fully saturated rings. The molecule has 0 aromatic heterocycles. The summed E-state index contributed by atoms with van der Waals surface area (Å²) < 4.78 is 0. The number of carbonyl (C=O) groups is 1. The lowest BCUT2D eigenvalue weighted by Gasteiger charge is -2.14. The highest BCUT2D eigenvalue weighted by atomic mass is 35.5. The molecule has 2 N–H and O–H groups in total. The van der Waals surface area contributed by atoms with Crippen LogP contribution in [0.3, 0.4) is 0 Å². The van der Waals surface area contributed by atoms with Gasteiger partial charge in [0.15, 0.2) is 0 Å². The van der Waals surface area contributed by atoms with E-state index in [0.29, 0.717) is 13.1 Å². The number of halogens is 1. The molecule has 2 aromatic rings. The quantitative estimate of drug-likeness (QED) is 0.856. The van der Waals surface area contributed by atoms with Crippen molar-refractivity contribution < 1.29 is 4.79 Å². The molecule has 3 nitrogen and oxygen atoms in total. The van der Waals surface area contributed by atoms with Crippen molar-refractivity contribution in [3.8, 4) is 11.1 Å². The Bertz CT molecular complexity index is 625. The first-order valence-electron chi connectivity index (χ1n) is 7.38. The van der Waals surface area contributed by atoms with E-state index >= 15 is 0 Å². The Kier molecular flexibility index (Phi) is 5.99. The van der Waals surface area contributed by atoms with Crippen molar-refractivity contribution in [2.45, 2.75) is 13.5 Å². The summed E-state index contributed by atoms with van der Waals surface area (Å²) in [6.45, 7) is 3.10. The summed E-state index contributed by atoms with van der Waals surface area (Å²) in [6.07, 6.45) is 0. The predicted molar refractivity (Wildman–Crippen MR) is 91.8 cm³/mol. The topological polar surface area (TPSA) is 41.1 Å². The van der Waals surface area contributed by atoms with Gasteiger partial charge in [0.2, 0.25) is 5.91 Å². The fourth-order valence-electron chi connectivity index (χ4n) is 2.34. The second-order valence-electron chi connectivity index (χ2n) is 5.34. The van der Waals surface area contributed by atoms with Crippen LogP contribution in [0.25, 0.3) is 11.1 Å². The number of carbonyl (C=O) groups excluding carboxylic acids is 1. The molecule has 0 bridgehead atoms. The molecule has 0 radical (unpaired) electrons. The predicted octanol–water partition coefficient (Wildman–Crippen LogP) is 3.48. The van der Waals surface area contributed by atoms with Crippen LogP contribution in [0.5, 0.6) is 0 Å². The average molecular weight is 317 g/mol. The number of nitrogens with one attached hydrogen (secondary N) is 2. The highest BCUT2D eigenvalue weighted by Gasteiger charge is 2.12. The summed E-state index contributed by atoms with van der Waals surface area (Å²) in [6, 6.07) is 15.8. The normalized spacial score (nSPS) is 12.0. The highest BCUT2D eigenvalue weighted by molar-refractivity contribution is 6.30. The van der Waals surface area contributed by atoms with Crippen molar-refractivity contribution in [1.29, 1.82) is 0 Å². The second kappa shape index (κ2) is 7.97. The zero-order chi connectivity index (χ0) is 15.9. The maximum Gasteiger partial charge on any atom is 0.224 e. The van der Waals surface area contributed by atoms with E-state index in [0.717, 1.165) is 21.7 Å². The molecule has 2 rings (SSSR count). The Morgan fingerprint density at radius 1 is 1.14 bits per heavy atom. The molecule has 0 saturated heterocycles. The Hall–Kier alpha value is -1.84. The Balaban J connectivity index is 2.12. The molecule has 1 atom stereocenters. The molecule has 0 saturated carbocycles. The Labute approximate surface area is 136 Å². The molecule has 0 spiro atoms. The van der Waals surface area contributed by atoms with Gasteiger partial charge in [0.1, 0.15) is 0 Å². The van der Waals surface area contributed by atoms with E-state index in [1.165, 1.54) is 0 Å². The number of hydrogen-bond acceptors (Lipinski definition) is 2. The number of hydrogen-bond donors (Lipinski definition) is 2. The monoisotopic (exact) mass is 316 g/mol. The largest absolute Gasteiger partial charge is 0.352 e. The minimum Gasteiger partial charge on any atom is -0.352 e. The van der Waals surface area contributed by atoms with Crippen LogP contribution in [-0.2, 0) is 11.3 Å². The standard InChI is InChI=1S/C18H21ClN2O/c1-13(11-20-2)18(22)21-12-15-5-3-4-6-17(15)14-7-9-16(19)10-8-14/h3-10,13,20H,11-12H2,1-2H3,(H,21,22). The first kappa shape index (κ1) is 16.5. The molecule has 116 valence electrons. The molecule has 0 aliphatic heterocycles. The first-order chi connectivity index (χ1) is 10.6. The fraction of sp³-hybridized carbons (Fsp3) is 0.278. The molecule has 22 heavy (non-hydrogen) atoms. The third kappa shape index (κ3) is 4.33. The zero-order valence-electron chi connectivity index (χ0n) is 12.9. The van der Waals surface area contributed by atoms with Gasteiger partial charge in [-0.2, -0.15) is 0 Å². The zero-order valence-corrected chi connectivity index (χ0v) is 13.7. The smallest absolute Gasteiger partial charge is 0.224 e. The van der Waals surface area contributed by atoms with Crippen LogP contribution in [0.1, 0.15) is 12.5 Å². The minimum atomic E-state index is -0.0484. The van der Waals surface area contributed by atoms with E-state index < -0.39 is 0 Å². The van der Waals surface area contributed by atoms with Gasteiger partial charge in [-0.1, -0.05) is 54.9 Å². The lowest BCUT2D eigenvalue weighted by Crippen LogP contribution is -2.34. The molecule has 1 amide bonds. The highest BCUT2D eigenvalue weighted by Crippen LogP contribution is 2.25. The van der Waals surface area contributed by atoms with E-state index in [-0.39, 0.29) is 11.8 Å². The summed E-state index contributed by atoms with van der Waals surface area (Å²) in [4.78, 5) is 12.0. The van der Waals surface area contributed by atoms with Crippen LogP contribution in [-0.4, -0.2) is 19.5 Å². The molecule has 0 aliphatic carbocycles. The van der Waals surface area contributed by atoms with Crippen LogP contribution in [0.15, 0.2) is 48.5 Å². The van der Waals surface area contributed by atoms with Crippen molar-refractivity contribution in [2.75, 3.05) is 13.6 Å². The minimum absolute atomic E-state index is 0.0484. The fourth-order valence-corrected chi connectivity index (χ4v) is 2.47. The third-order valence-corrected chi connectivity index (χ3v) is 3.84. The SMILES string of the molecule is CNCC(C)C(=O)NCc1ccccc1-c1ccc(Cl)cc1. The van der Waals surface area contributed by atoms with Crippen molar-refractivity contribution in [3.63, 3.8) is 0 Å². The third-order valence-electron chi connectivity index (χ3n) is 3.58. The van der Waals surface area contributed by atoms with Gasteiger partial charge in [0, 0.05) is 24.0 Å². The molecule has 2 aromatic carbocycles.